The molecule has 5 nitrogen and oxygen atoms in total. The number of amides is 1. The predicted molar refractivity (Wildman–Crippen MR) is 110 cm³/mol. The number of esters is 1. The van der Waals surface area contributed by atoms with E-state index in [1.165, 1.54) is 12.3 Å². The Morgan fingerprint density at radius 2 is 1.55 bits per heavy atom. The molecule has 0 heterocycles. The van der Waals surface area contributed by atoms with Crippen LogP contribution < -0.4 is 5.01 Å². The molecule has 0 unspecified atom stereocenters. The number of carbonyl (C=O) groups excluding carboxylic acids is 2. The molecule has 0 aromatic heterocycles. The molecule has 0 aliphatic rings. The fourth-order valence-corrected chi connectivity index (χ4v) is 2.71. The maximum atomic E-state index is 13.7. The SMILES string of the molecule is O=C(OCC(=O)N(/N=C/c1ccccc1)c1cccc(C(F)(F)F)c1)c1c(F)cccc1F. The van der Waals surface area contributed by atoms with E-state index < -0.39 is 47.4 Å². The topological polar surface area (TPSA) is 59.0 Å². The molecule has 10 heteroatoms. The van der Waals surface area contributed by atoms with Crippen LogP contribution in [0.1, 0.15) is 21.5 Å². The van der Waals surface area contributed by atoms with Crippen molar-refractivity contribution in [3.05, 3.63) is 101 Å². The summed E-state index contributed by atoms with van der Waals surface area (Å²) in [5, 5.41) is 4.53. The average Bonchev–Trinajstić information content (AvgIpc) is 2.78. The number of benzene rings is 3. The molecule has 0 aliphatic carbocycles. The average molecular weight is 462 g/mol. The Labute approximate surface area is 184 Å². The van der Waals surface area contributed by atoms with Gasteiger partial charge in [0.25, 0.3) is 5.91 Å². The first-order chi connectivity index (χ1) is 15.7. The van der Waals surface area contributed by atoms with Gasteiger partial charge in [-0.15, -0.1) is 0 Å². The summed E-state index contributed by atoms with van der Waals surface area (Å²) in [6.07, 6.45) is -3.46. The largest absolute Gasteiger partial charge is 0.452 e. The number of alkyl halides is 3. The number of carbonyl (C=O) groups is 2. The van der Waals surface area contributed by atoms with Crippen molar-refractivity contribution in [3.8, 4) is 0 Å². The lowest BCUT2D eigenvalue weighted by atomic mass is 10.2. The van der Waals surface area contributed by atoms with Crippen LogP contribution >= 0.6 is 0 Å². The Kier molecular flexibility index (Phi) is 7.17. The molecule has 170 valence electrons. The summed E-state index contributed by atoms with van der Waals surface area (Å²) >= 11 is 0. The second-order valence-corrected chi connectivity index (χ2v) is 6.58. The van der Waals surface area contributed by atoms with Crippen LogP contribution in [0.4, 0.5) is 27.6 Å². The molecule has 0 bridgehead atoms. The molecule has 3 aromatic rings. The first-order valence-corrected chi connectivity index (χ1v) is 9.37. The van der Waals surface area contributed by atoms with E-state index in [9.17, 15) is 31.5 Å². The number of hydrazone groups is 1. The summed E-state index contributed by atoms with van der Waals surface area (Å²) in [4.78, 5) is 24.8. The van der Waals surface area contributed by atoms with Crippen molar-refractivity contribution in [2.45, 2.75) is 6.18 Å². The first-order valence-electron chi connectivity index (χ1n) is 9.37. The van der Waals surface area contributed by atoms with Gasteiger partial charge >= 0.3 is 12.1 Å². The van der Waals surface area contributed by atoms with Gasteiger partial charge in [-0.25, -0.2) is 13.6 Å². The molecule has 0 fully saturated rings. The normalized spacial score (nSPS) is 11.4. The summed E-state index contributed by atoms with van der Waals surface area (Å²) in [7, 11) is 0. The molecule has 0 N–H and O–H groups in total. The summed E-state index contributed by atoms with van der Waals surface area (Å²) in [5.41, 5.74) is -1.75. The highest BCUT2D eigenvalue weighted by Crippen LogP contribution is 2.31. The number of hydrogen-bond donors (Lipinski definition) is 0. The van der Waals surface area contributed by atoms with Crippen LogP contribution in [0.25, 0.3) is 0 Å². The third-order valence-corrected chi connectivity index (χ3v) is 4.27. The van der Waals surface area contributed by atoms with Crippen molar-refractivity contribution >= 4 is 23.8 Å². The van der Waals surface area contributed by atoms with Crippen molar-refractivity contribution in [2.24, 2.45) is 5.10 Å². The Hall–Kier alpha value is -4.08. The van der Waals surface area contributed by atoms with E-state index in [1.54, 1.807) is 30.3 Å². The second kappa shape index (κ2) is 10.0. The lowest BCUT2D eigenvalue weighted by molar-refractivity contribution is -0.137. The summed E-state index contributed by atoms with van der Waals surface area (Å²) in [6, 6.07) is 14.9. The van der Waals surface area contributed by atoms with Gasteiger partial charge in [-0.2, -0.15) is 23.3 Å². The number of halogens is 5. The molecular weight excluding hydrogens is 447 g/mol. The van der Waals surface area contributed by atoms with Gasteiger partial charge in [0.2, 0.25) is 0 Å². The lowest BCUT2D eigenvalue weighted by Crippen LogP contribution is -2.31. The van der Waals surface area contributed by atoms with Crippen LogP contribution in [0.3, 0.4) is 0 Å². The van der Waals surface area contributed by atoms with E-state index in [-0.39, 0.29) is 5.69 Å². The number of ether oxygens (including phenoxy) is 1. The number of nitrogens with zero attached hydrogens (tertiary/aromatic N) is 2. The summed E-state index contributed by atoms with van der Waals surface area (Å²) in [5.74, 6) is -4.88. The van der Waals surface area contributed by atoms with Crippen molar-refractivity contribution in [1.29, 1.82) is 0 Å². The van der Waals surface area contributed by atoms with Crippen molar-refractivity contribution in [3.63, 3.8) is 0 Å². The molecule has 0 radical (unpaired) electrons. The van der Waals surface area contributed by atoms with Gasteiger partial charge in [0.1, 0.15) is 17.2 Å². The minimum absolute atomic E-state index is 0.255. The van der Waals surface area contributed by atoms with Crippen molar-refractivity contribution in [2.75, 3.05) is 11.6 Å². The van der Waals surface area contributed by atoms with Gasteiger partial charge in [0.05, 0.1) is 17.5 Å². The number of anilines is 1. The van der Waals surface area contributed by atoms with E-state index >= 15 is 0 Å². The van der Waals surface area contributed by atoms with E-state index in [0.29, 0.717) is 16.6 Å². The number of hydrogen-bond acceptors (Lipinski definition) is 4. The zero-order valence-corrected chi connectivity index (χ0v) is 16.7. The summed E-state index contributed by atoms with van der Waals surface area (Å²) < 4.78 is 71.5. The fourth-order valence-electron chi connectivity index (χ4n) is 2.71. The van der Waals surface area contributed by atoms with Gasteiger partial charge in [0, 0.05) is 0 Å². The van der Waals surface area contributed by atoms with Crippen LogP contribution in [0.2, 0.25) is 0 Å². The monoisotopic (exact) mass is 462 g/mol. The van der Waals surface area contributed by atoms with Crippen molar-refractivity contribution in [1.82, 2.24) is 0 Å². The van der Waals surface area contributed by atoms with Crippen LogP contribution in [0, 0.1) is 11.6 Å². The Balaban J connectivity index is 1.86. The fraction of sp³-hybridized carbons (Fsp3) is 0.0870. The highest BCUT2D eigenvalue weighted by molar-refractivity contribution is 5.98. The third kappa shape index (κ3) is 6.00. The van der Waals surface area contributed by atoms with E-state index in [0.717, 1.165) is 30.3 Å². The lowest BCUT2D eigenvalue weighted by Gasteiger charge is -2.18. The van der Waals surface area contributed by atoms with Crippen molar-refractivity contribution < 1.29 is 36.3 Å². The van der Waals surface area contributed by atoms with Gasteiger partial charge in [-0.05, 0) is 35.9 Å². The Bertz CT molecular complexity index is 1160. The molecule has 0 saturated heterocycles. The molecule has 3 aromatic carbocycles. The molecule has 33 heavy (non-hydrogen) atoms. The van der Waals surface area contributed by atoms with Gasteiger partial charge in [-0.3, -0.25) is 4.79 Å². The zero-order chi connectivity index (χ0) is 24.0. The highest BCUT2D eigenvalue weighted by atomic mass is 19.4. The quantitative estimate of drug-likeness (QED) is 0.219. The molecule has 0 spiro atoms. The Morgan fingerprint density at radius 1 is 0.909 bits per heavy atom. The smallest absolute Gasteiger partial charge is 0.416 e. The summed E-state index contributed by atoms with van der Waals surface area (Å²) in [6.45, 7) is -1.03. The van der Waals surface area contributed by atoms with Crippen LogP contribution in [0.15, 0.2) is 77.9 Å². The molecule has 3 rings (SSSR count). The minimum atomic E-state index is -4.68. The standard InChI is InChI=1S/C23H15F5N2O3/c24-18-10-5-11-19(25)21(18)22(32)33-14-20(31)30(29-13-15-6-2-1-3-7-15)17-9-4-8-16(12-17)23(26,27)28/h1-13H,14H2/b29-13+. The van der Waals surface area contributed by atoms with Gasteiger partial charge < -0.3 is 4.74 Å². The highest BCUT2D eigenvalue weighted by Gasteiger charge is 2.31. The maximum Gasteiger partial charge on any atom is 0.416 e. The van der Waals surface area contributed by atoms with E-state index in [2.05, 4.69) is 5.10 Å². The predicted octanol–water partition coefficient (Wildman–Crippen LogP) is 5.21. The van der Waals surface area contributed by atoms with Gasteiger partial charge in [0.15, 0.2) is 6.61 Å². The van der Waals surface area contributed by atoms with Crippen LogP contribution in [0.5, 0.6) is 0 Å². The minimum Gasteiger partial charge on any atom is -0.452 e. The van der Waals surface area contributed by atoms with Gasteiger partial charge in [-0.1, -0.05) is 42.5 Å². The third-order valence-electron chi connectivity index (χ3n) is 4.27. The first kappa shape index (κ1) is 23.6. The van der Waals surface area contributed by atoms with E-state index in [1.807, 2.05) is 0 Å². The second-order valence-electron chi connectivity index (χ2n) is 6.58. The number of rotatable bonds is 6. The van der Waals surface area contributed by atoms with Crippen LogP contribution in [-0.4, -0.2) is 24.7 Å². The molecule has 0 aliphatic heterocycles. The van der Waals surface area contributed by atoms with Crippen LogP contribution in [-0.2, 0) is 15.7 Å². The molecule has 0 saturated carbocycles. The maximum absolute atomic E-state index is 13.7. The van der Waals surface area contributed by atoms with E-state index in [4.69, 9.17) is 4.74 Å². The molecule has 0 atom stereocenters. The zero-order valence-electron chi connectivity index (χ0n) is 16.7. The molecule has 1 amide bonds. The Morgan fingerprint density at radius 3 is 2.18 bits per heavy atom. The molecular formula is C23H15F5N2O3.